The highest BCUT2D eigenvalue weighted by Crippen LogP contribution is 2.38. The molecule has 2 heterocycles. The third kappa shape index (κ3) is 3.05. The number of nitrogens with one attached hydrogen (secondary N) is 1. The standard InChI is InChI=1S/C18H20F5N3O3/c1-7-13-11(16(28)24-17(29)26(13)9-2-3-9)10(15(20)21)12(19)14(7)25-4-8(5-27)18(22,23)6-25/h8-9,12,14-15,27H,2-6H2,1H3,(H,24,28,29). The zero-order valence-corrected chi connectivity index (χ0v) is 15.5. The van der Waals surface area contributed by atoms with Crippen molar-refractivity contribution in [2.75, 3.05) is 19.7 Å². The molecule has 0 aromatic carbocycles. The molecule has 160 valence electrons. The van der Waals surface area contributed by atoms with Gasteiger partial charge in [0.2, 0.25) is 0 Å². The second-order valence-electron chi connectivity index (χ2n) is 7.94. The summed E-state index contributed by atoms with van der Waals surface area (Å²) < 4.78 is 72.5. The van der Waals surface area contributed by atoms with E-state index in [0.29, 0.717) is 12.8 Å². The maximum Gasteiger partial charge on any atom is 0.329 e. The number of aliphatic hydroxyl groups is 1. The van der Waals surface area contributed by atoms with Crippen LogP contribution in [0.3, 0.4) is 0 Å². The van der Waals surface area contributed by atoms with Gasteiger partial charge in [-0.05, 0) is 25.3 Å². The zero-order chi connectivity index (χ0) is 21.2. The van der Waals surface area contributed by atoms with Crippen LogP contribution in [0.5, 0.6) is 0 Å². The summed E-state index contributed by atoms with van der Waals surface area (Å²) in [5.41, 5.74) is -2.92. The number of alkyl halides is 5. The lowest BCUT2D eigenvalue weighted by Crippen LogP contribution is -2.62. The maximum atomic E-state index is 15.3. The molecule has 1 saturated carbocycles. The van der Waals surface area contributed by atoms with Crippen molar-refractivity contribution in [3.8, 4) is 0 Å². The molecular formula is C18H20F5N3O3. The summed E-state index contributed by atoms with van der Waals surface area (Å²) in [4.78, 5) is 27.7. The van der Waals surface area contributed by atoms with Crippen molar-refractivity contribution >= 4 is 11.1 Å². The highest BCUT2D eigenvalue weighted by Gasteiger charge is 2.52. The lowest BCUT2D eigenvalue weighted by Gasteiger charge is -2.35. The van der Waals surface area contributed by atoms with Crippen LogP contribution in [0.15, 0.2) is 9.59 Å². The Morgan fingerprint density at radius 1 is 1.28 bits per heavy atom. The molecule has 1 aromatic heterocycles. The van der Waals surface area contributed by atoms with Crippen LogP contribution < -0.4 is 21.8 Å². The van der Waals surface area contributed by atoms with Crippen LogP contribution in [-0.2, 0) is 0 Å². The van der Waals surface area contributed by atoms with Gasteiger partial charge in [-0.1, -0.05) is 0 Å². The zero-order valence-electron chi connectivity index (χ0n) is 15.5. The summed E-state index contributed by atoms with van der Waals surface area (Å²) >= 11 is 0. The lowest BCUT2D eigenvalue weighted by molar-refractivity contribution is -0.0443. The number of hydrogen-bond acceptors (Lipinski definition) is 4. The minimum Gasteiger partial charge on any atom is -0.396 e. The third-order valence-corrected chi connectivity index (χ3v) is 6.05. The van der Waals surface area contributed by atoms with Gasteiger partial charge < -0.3 is 5.11 Å². The Labute approximate surface area is 160 Å². The van der Waals surface area contributed by atoms with Crippen LogP contribution in [0.1, 0.15) is 25.8 Å². The maximum absolute atomic E-state index is 15.3. The van der Waals surface area contributed by atoms with Crippen molar-refractivity contribution in [3.63, 3.8) is 0 Å². The Kier molecular flexibility index (Phi) is 4.73. The second-order valence-corrected chi connectivity index (χ2v) is 7.94. The number of halogens is 5. The molecule has 1 aliphatic heterocycles. The van der Waals surface area contributed by atoms with E-state index in [9.17, 15) is 32.3 Å². The average molecular weight is 421 g/mol. The van der Waals surface area contributed by atoms with Gasteiger partial charge >= 0.3 is 5.69 Å². The molecule has 0 radical (unpaired) electrons. The molecule has 2 aliphatic carbocycles. The van der Waals surface area contributed by atoms with Gasteiger partial charge in [-0.3, -0.25) is 19.2 Å². The minimum absolute atomic E-state index is 0.0846. The SMILES string of the molecule is CC1=c2c(c(=O)[nH]c(=O)n2C2CC2)=C(C(F)F)C(F)C1N1CC(CO)C(F)(F)C1. The van der Waals surface area contributed by atoms with Crippen molar-refractivity contribution in [1.82, 2.24) is 14.5 Å². The Morgan fingerprint density at radius 2 is 1.93 bits per heavy atom. The summed E-state index contributed by atoms with van der Waals surface area (Å²) in [6, 6.07) is -1.80. The fourth-order valence-electron chi connectivity index (χ4n) is 4.53. The largest absolute Gasteiger partial charge is 0.396 e. The molecule has 3 aliphatic rings. The van der Waals surface area contributed by atoms with Gasteiger partial charge in [0, 0.05) is 18.2 Å². The molecule has 6 nitrogen and oxygen atoms in total. The molecular weight excluding hydrogens is 401 g/mol. The summed E-state index contributed by atoms with van der Waals surface area (Å²) in [5.74, 6) is -4.77. The Bertz CT molecular complexity index is 1080. The number of H-pyrrole nitrogens is 1. The molecule has 2 fully saturated rings. The minimum atomic E-state index is -3.35. The second kappa shape index (κ2) is 6.76. The van der Waals surface area contributed by atoms with E-state index in [1.165, 1.54) is 11.5 Å². The number of rotatable bonds is 4. The Balaban J connectivity index is 2.01. The first-order chi connectivity index (χ1) is 13.6. The quantitative estimate of drug-likeness (QED) is 0.657. The third-order valence-electron chi connectivity index (χ3n) is 6.05. The molecule has 0 bridgehead atoms. The van der Waals surface area contributed by atoms with Crippen LogP contribution in [0, 0.1) is 5.92 Å². The van der Waals surface area contributed by atoms with E-state index in [0.717, 1.165) is 4.90 Å². The number of fused-ring (bicyclic) bond motifs is 1. The molecule has 3 atom stereocenters. The van der Waals surface area contributed by atoms with Crippen molar-refractivity contribution in [3.05, 3.63) is 31.4 Å². The number of nitrogens with zero attached hydrogens (tertiary/aromatic N) is 2. The first-order valence-electron chi connectivity index (χ1n) is 9.33. The molecule has 4 rings (SSSR count). The number of aromatic nitrogens is 2. The van der Waals surface area contributed by atoms with Gasteiger partial charge in [-0.15, -0.1) is 0 Å². The normalized spacial score (nSPS) is 29.6. The highest BCUT2D eigenvalue weighted by atomic mass is 19.3. The average Bonchev–Trinajstić information content (AvgIpc) is 3.39. The van der Waals surface area contributed by atoms with E-state index in [1.807, 2.05) is 4.98 Å². The fraction of sp³-hybridized carbons (Fsp3) is 0.667. The molecule has 29 heavy (non-hydrogen) atoms. The number of hydrogen-bond donors (Lipinski definition) is 2. The van der Waals surface area contributed by atoms with E-state index < -0.39 is 72.2 Å². The van der Waals surface area contributed by atoms with Crippen LogP contribution in [0.25, 0.3) is 11.1 Å². The van der Waals surface area contributed by atoms with Crippen LogP contribution >= 0.6 is 0 Å². The summed E-state index contributed by atoms with van der Waals surface area (Å²) in [5, 5.41) is 8.53. The molecule has 1 saturated heterocycles. The van der Waals surface area contributed by atoms with Crippen molar-refractivity contribution < 1.29 is 27.1 Å². The topological polar surface area (TPSA) is 78.3 Å². The molecule has 1 aromatic rings. The van der Waals surface area contributed by atoms with Gasteiger partial charge in [0.25, 0.3) is 17.9 Å². The van der Waals surface area contributed by atoms with Crippen LogP contribution in [0.4, 0.5) is 22.0 Å². The van der Waals surface area contributed by atoms with Crippen molar-refractivity contribution in [1.29, 1.82) is 0 Å². The first kappa shape index (κ1) is 20.3. The van der Waals surface area contributed by atoms with Gasteiger partial charge in [0.15, 0.2) is 0 Å². The fourth-order valence-corrected chi connectivity index (χ4v) is 4.53. The van der Waals surface area contributed by atoms with Crippen molar-refractivity contribution in [2.45, 2.75) is 50.4 Å². The van der Waals surface area contributed by atoms with Crippen molar-refractivity contribution in [2.24, 2.45) is 5.92 Å². The van der Waals surface area contributed by atoms with E-state index >= 15 is 4.39 Å². The molecule has 2 N–H and O–H groups in total. The molecule has 0 amide bonds. The summed E-state index contributed by atoms with van der Waals surface area (Å²) in [7, 11) is 0. The van der Waals surface area contributed by atoms with Gasteiger partial charge in [-0.2, -0.15) is 0 Å². The lowest BCUT2D eigenvalue weighted by atomic mass is 9.89. The van der Waals surface area contributed by atoms with Crippen LogP contribution in [-0.4, -0.2) is 63.8 Å². The predicted octanol–water partition coefficient (Wildman–Crippen LogP) is -0.262. The first-order valence-corrected chi connectivity index (χ1v) is 9.33. The van der Waals surface area contributed by atoms with E-state index in [1.54, 1.807) is 0 Å². The van der Waals surface area contributed by atoms with E-state index in [-0.39, 0.29) is 17.0 Å². The number of aliphatic hydroxyl groups excluding tert-OH is 1. The van der Waals surface area contributed by atoms with E-state index in [2.05, 4.69) is 0 Å². The van der Waals surface area contributed by atoms with Gasteiger partial charge in [0.05, 0.1) is 35.7 Å². The van der Waals surface area contributed by atoms with E-state index in [4.69, 9.17) is 0 Å². The number of likely N-dealkylation sites (tertiary alicyclic amines) is 1. The molecule has 0 spiro atoms. The summed E-state index contributed by atoms with van der Waals surface area (Å²) in [6.45, 7) is -0.765. The molecule has 11 heteroatoms. The van der Waals surface area contributed by atoms with Gasteiger partial charge in [-0.25, -0.2) is 26.7 Å². The van der Waals surface area contributed by atoms with Crippen LogP contribution in [0.2, 0.25) is 0 Å². The monoisotopic (exact) mass is 421 g/mol. The molecule has 3 unspecified atom stereocenters. The number of aromatic amines is 1. The Hall–Kier alpha value is -2.01. The Morgan fingerprint density at radius 3 is 2.45 bits per heavy atom. The summed E-state index contributed by atoms with van der Waals surface area (Å²) in [6.07, 6.45) is -4.56. The predicted molar refractivity (Wildman–Crippen MR) is 93.1 cm³/mol. The smallest absolute Gasteiger partial charge is 0.329 e. The highest BCUT2D eigenvalue weighted by molar-refractivity contribution is 5.65. The van der Waals surface area contributed by atoms with Gasteiger partial charge in [0.1, 0.15) is 6.17 Å².